The van der Waals surface area contributed by atoms with Crippen LogP contribution in [0, 0.1) is 0 Å². The highest BCUT2D eigenvalue weighted by atomic mass is 16.5. The molecule has 6 nitrogen and oxygen atoms in total. The van der Waals surface area contributed by atoms with Gasteiger partial charge in [0.05, 0.1) is 13.2 Å². The molecule has 0 bridgehead atoms. The summed E-state index contributed by atoms with van der Waals surface area (Å²) in [6, 6.07) is 12.7. The number of fused-ring (bicyclic) bond motifs is 1. The molecule has 2 heterocycles. The fourth-order valence-electron chi connectivity index (χ4n) is 2.52. The molecule has 0 spiro atoms. The molecule has 0 aliphatic rings. The first-order valence-corrected chi connectivity index (χ1v) is 7.27. The van der Waals surface area contributed by atoms with Crippen LogP contribution in [0.15, 0.2) is 53.5 Å². The van der Waals surface area contributed by atoms with E-state index in [2.05, 4.69) is 0 Å². The third-order valence-electron chi connectivity index (χ3n) is 3.57. The highest BCUT2D eigenvalue weighted by Gasteiger charge is 2.23. The topological polar surface area (TPSA) is 72.9 Å². The molecular weight excluding hydrogens is 296 g/mol. The molecule has 23 heavy (non-hydrogen) atoms. The van der Waals surface area contributed by atoms with E-state index < -0.39 is 11.5 Å². The van der Waals surface area contributed by atoms with Crippen molar-refractivity contribution in [3.05, 3.63) is 70.1 Å². The first-order chi connectivity index (χ1) is 11.1. The molecule has 6 heteroatoms. The Labute approximate surface area is 132 Å². The van der Waals surface area contributed by atoms with Crippen LogP contribution >= 0.6 is 0 Å². The van der Waals surface area contributed by atoms with E-state index in [1.807, 2.05) is 30.3 Å². The maximum absolute atomic E-state index is 12.7. The largest absolute Gasteiger partial charge is 0.505 e. The van der Waals surface area contributed by atoms with Crippen molar-refractivity contribution in [2.75, 3.05) is 6.61 Å². The fraction of sp³-hybridized carbons (Fsp3) is 0.176. The maximum atomic E-state index is 12.7. The Morgan fingerprint density at radius 2 is 1.91 bits per heavy atom. The van der Waals surface area contributed by atoms with Crippen molar-refractivity contribution in [3.63, 3.8) is 0 Å². The smallest absolute Gasteiger partial charge is 0.347 e. The van der Waals surface area contributed by atoms with Crippen molar-refractivity contribution >= 4 is 11.5 Å². The van der Waals surface area contributed by atoms with E-state index in [-0.39, 0.29) is 24.5 Å². The van der Waals surface area contributed by atoms with Gasteiger partial charge in [0.25, 0.3) is 5.56 Å². The van der Waals surface area contributed by atoms with Crippen LogP contribution in [0.5, 0.6) is 5.75 Å². The third kappa shape index (κ3) is 2.59. The van der Waals surface area contributed by atoms with E-state index in [0.29, 0.717) is 5.52 Å². The van der Waals surface area contributed by atoms with Crippen molar-refractivity contribution in [2.45, 2.75) is 13.5 Å². The zero-order chi connectivity index (χ0) is 16.4. The number of ether oxygens (including phenoxy) is 1. The van der Waals surface area contributed by atoms with Gasteiger partial charge in [-0.15, -0.1) is 0 Å². The van der Waals surface area contributed by atoms with Gasteiger partial charge in [0.15, 0.2) is 11.3 Å². The number of carbonyl (C=O) groups is 1. The number of rotatable bonds is 4. The van der Waals surface area contributed by atoms with Crippen LogP contribution in [0.1, 0.15) is 22.8 Å². The van der Waals surface area contributed by atoms with E-state index in [1.165, 1.54) is 9.20 Å². The average Bonchev–Trinajstić information content (AvgIpc) is 3.03. The zero-order valence-corrected chi connectivity index (χ0v) is 12.6. The minimum absolute atomic E-state index is 0.128. The van der Waals surface area contributed by atoms with Crippen LogP contribution in [-0.4, -0.2) is 26.9 Å². The van der Waals surface area contributed by atoms with Gasteiger partial charge >= 0.3 is 5.97 Å². The Morgan fingerprint density at radius 3 is 2.61 bits per heavy atom. The molecule has 0 amide bonds. The Kier molecular flexibility index (Phi) is 3.89. The summed E-state index contributed by atoms with van der Waals surface area (Å²) in [7, 11) is 0. The lowest BCUT2D eigenvalue weighted by atomic mass is 10.2. The van der Waals surface area contributed by atoms with Crippen LogP contribution in [0.4, 0.5) is 0 Å². The molecule has 118 valence electrons. The summed E-state index contributed by atoms with van der Waals surface area (Å²) in [5.41, 5.74) is 0.358. The summed E-state index contributed by atoms with van der Waals surface area (Å²) in [5.74, 6) is -1.18. The van der Waals surface area contributed by atoms with Crippen molar-refractivity contribution < 1.29 is 14.6 Å². The summed E-state index contributed by atoms with van der Waals surface area (Å²) >= 11 is 0. The van der Waals surface area contributed by atoms with Crippen LogP contribution in [0.25, 0.3) is 5.52 Å². The second kappa shape index (κ2) is 6.00. The van der Waals surface area contributed by atoms with Gasteiger partial charge in [0, 0.05) is 6.20 Å². The lowest BCUT2D eigenvalue weighted by Gasteiger charge is -2.14. The molecule has 1 aromatic carbocycles. The van der Waals surface area contributed by atoms with E-state index >= 15 is 0 Å². The van der Waals surface area contributed by atoms with Gasteiger partial charge in [-0.2, -0.15) is 0 Å². The molecule has 2 aromatic heterocycles. The number of carbonyl (C=O) groups excluding carboxylic acids is 1. The normalized spacial score (nSPS) is 10.8. The first-order valence-electron chi connectivity index (χ1n) is 7.27. The molecule has 0 saturated heterocycles. The standard InChI is InChI=1S/C17H16N2O4/c1-2-23-17(22)14-15(20)13-9-6-10-18(13)19(16(14)21)11-12-7-4-3-5-8-12/h3-10,20H,2,11H2,1H3. The Bertz CT molecular complexity index is 909. The fourth-order valence-corrected chi connectivity index (χ4v) is 2.52. The lowest BCUT2D eigenvalue weighted by Crippen LogP contribution is -2.32. The predicted molar refractivity (Wildman–Crippen MR) is 84.8 cm³/mol. The predicted octanol–water partition coefficient (Wildman–Crippen LogP) is 2.03. The molecule has 0 atom stereocenters. The Hall–Kier alpha value is -3.02. The lowest BCUT2D eigenvalue weighted by molar-refractivity contribution is 0.0519. The van der Waals surface area contributed by atoms with E-state index in [9.17, 15) is 14.7 Å². The van der Waals surface area contributed by atoms with Crippen LogP contribution in [0.3, 0.4) is 0 Å². The van der Waals surface area contributed by atoms with Gasteiger partial charge in [-0.05, 0) is 24.6 Å². The number of aromatic hydroxyl groups is 1. The van der Waals surface area contributed by atoms with Crippen molar-refractivity contribution in [1.82, 2.24) is 9.20 Å². The molecule has 0 unspecified atom stereocenters. The molecular formula is C17H16N2O4. The maximum Gasteiger partial charge on any atom is 0.347 e. The second-order valence-corrected chi connectivity index (χ2v) is 5.03. The summed E-state index contributed by atoms with van der Waals surface area (Å²) in [6.45, 7) is 2.05. The van der Waals surface area contributed by atoms with Gasteiger partial charge in [-0.1, -0.05) is 30.3 Å². The average molecular weight is 312 g/mol. The molecule has 0 aliphatic carbocycles. The highest BCUT2D eigenvalue weighted by Crippen LogP contribution is 2.22. The second-order valence-electron chi connectivity index (χ2n) is 5.03. The quantitative estimate of drug-likeness (QED) is 0.748. The van der Waals surface area contributed by atoms with Gasteiger partial charge in [-0.25, -0.2) is 9.48 Å². The van der Waals surface area contributed by atoms with Crippen LogP contribution in [-0.2, 0) is 11.3 Å². The molecule has 1 N–H and O–H groups in total. The molecule has 3 aromatic rings. The number of esters is 1. The SMILES string of the molecule is CCOC(=O)c1c(O)c2cccn2n(Cc2ccccc2)c1=O. The third-order valence-corrected chi connectivity index (χ3v) is 3.57. The molecule has 0 aliphatic heterocycles. The van der Waals surface area contributed by atoms with Crippen LogP contribution < -0.4 is 5.56 Å². The van der Waals surface area contributed by atoms with Gasteiger partial charge < -0.3 is 9.84 Å². The van der Waals surface area contributed by atoms with Gasteiger partial charge in [-0.3, -0.25) is 9.31 Å². The van der Waals surface area contributed by atoms with Crippen molar-refractivity contribution in [2.24, 2.45) is 0 Å². The monoisotopic (exact) mass is 312 g/mol. The van der Waals surface area contributed by atoms with Crippen LogP contribution in [0.2, 0.25) is 0 Å². The Morgan fingerprint density at radius 1 is 1.17 bits per heavy atom. The van der Waals surface area contributed by atoms with E-state index in [0.717, 1.165) is 5.56 Å². The van der Waals surface area contributed by atoms with Crippen molar-refractivity contribution in [3.8, 4) is 5.75 Å². The number of aromatic nitrogens is 2. The first kappa shape index (κ1) is 14.9. The van der Waals surface area contributed by atoms with Crippen molar-refractivity contribution in [1.29, 1.82) is 0 Å². The molecule has 0 radical (unpaired) electrons. The summed E-state index contributed by atoms with van der Waals surface area (Å²) in [5, 5.41) is 10.3. The summed E-state index contributed by atoms with van der Waals surface area (Å²) in [6.07, 6.45) is 1.66. The zero-order valence-electron chi connectivity index (χ0n) is 12.6. The number of hydrogen-bond acceptors (Lipinski definition) is 4. The summed E-state index contributed by atoms with van der Waals surface area (Å²) < 4.78 is 7.83. The minimum Gasteiger partial charge on any atom is -0.505 e. The highest BCUT2D eigenvalue weighted by molar-refractivity contribution is 5.94. The summed E-state index contributed by atoms with van der Waals surface area (Å²) in [4.78, 5) is 24.8. The molecule has 0 fully saturated rings. The molecule has 3 rings (SSSR count). The number of hydrogen-bond donors (Lipinski definition) is 1. The van der Waals surface area contributed by atoms with Gasteiger partial charge in [0.1, 0.15) is 5.52 Å². The van der Waals surface area contributed by atoms with E-state index in [1.54, 1.807) is 25.3 Å². The van der Waals surface area contributed by atoms with Gasteiger partial charge in [0.2, 0.25) is 0 Å². The number of nitrogens with zero attached hydrogens (tertiary/aromatic N) is 2. The number of benzene rings is 1. The minimum atomic E-state index is -0.819. The Balaban J connectivity index is 2.22. The molecule has 0 saturated carbocycles. The van der Waals surface area contributed by atoms with E-state index in [4.69, 9.17) is 4.74 Å².